The second-order valence-corrected chi connectivity index (χ2v) is 4.02. The molecule has 0 saturated carbocycles. The Bertz CT molecular complexity index is 676. The maximum atomic E-state index is 13.0. The molecule has 0 saturated heterocycles. The summed E-state index contributed by atoms with van der Waals surface area (Å²) in [4.78, 5) is 26.1. The van der Waals surface area contributed by atoms with Crippen LogP contribution in [-0.4, -0.2) is 28.6 Å². The smallest absolute Gasteiger partial charge is 0.341 e. The first-order chi connectivity index (χ1) is 10.1. The maximum absolute atomic E-state index is 13.0. The number of aromatic nitrogens is 1. The molecule has 2 N–H and O–H groups in total. The fraction of sp³-hybridized carbons (Fsp3) is 0.0714. The molecule has 0 radical (unpaired) electrons. The fourth-order valence-corrected chi connectivity index (χ4v) is 1.57. The molecule has 1 heterocycles. The molecular weight excluding hydrogens is 279 g/mol. The zero-order valence-electron chi connectivity index (χ0n) is 10.7. The van der Waals surface area contributed by atoms with Gasteiger partial charge in [0.05, 0.1) is 17.4 Å². The summed E-state index contributed by atoms with van der Waals surface area (Å²) in [5.74, 6) is -2.13. The first-order valence-corrected chi connectivity index (χ1v) is 5.92. The van der Waals surface area contributed by atoms with Crippen LogP contribution >= 0.6 is 0 Å². The molecule has 7 heteroatoms. The maximum Gasteiger partial charge on any atom is 0.341 e. The van der Waals surface area contributed by atoms with Gasteiger partial charge in [0.2, 0.25) is 0 Å². The molecule has 21 heavy (non-hydrogen) atoms. The highest BCUT2D eigenvalue weighted by atomic mass is 19.1. The molecule has 0 unspecified atom stereocenters. The molecule has 108 valence electrons. The van der Waals surface area contributed by atoms with Gasteiger partial charge in [-0.3, -0.25) is 9.78 Å². The number of benzene rings is 1. The quantitative estimate of drug-likeness (QED) is 0.878. The molecule has 0 spiro atoms. The lowest BCUT2D eigenvalue weighted by molar-refractivity contribution is -0.139. The van der Waals surface area contributed by atoms with Crippen molar-refractivity contribution in [1.29, 1.82) is 0 Å². The minimum atomic E-state index is -1.13. The molecule has 6 nitrogen and oxygen atoms in total. The topological polar surface area (TPSA) is 88.5 Å². The molecular formula is C14H11FN2O4. The van der Waals surface area contributed by atoms with Crippen LogP contribution in [0.25, 0.3) is 0 Å². The Morgan fingerprint density at radius 1 is 1.29 bits per heavy atom. The van der Waals surface area contributed by atoms with Gasteiger partial charge >= 0.3 is 5.97 Å². The summed E-state index contributed by atoms with van der Waals surface area (Å²) in [6.07, 6.45) is 2.21. The average molecular weight is 290 g/mol. The number of amides is 1. The van der Waals surface area contributed by atoms with Crippen LogP contribution in [0.4, 0.5) is 10.1 Å². The average Bonchev–Trinajstić information content (AvgIpc) is 2.46. The standard InChI is InChI=1S/C14H11FN2O4/c15-10-5-9(6-16-7-10)14(20)17-11-3-1-2-4-12(11)21-8-13(18)19/h1-7H,8H2,(H,17,20)(H,18,19). The number of para-hydroxylation sites is 2. The van der Waals surface area contributed by atoms with Gasteiger partial charge in [-0.2, -0.15) is 0 Å². The van der Waals surface area contributed by atoms with Crippen molar-refractivity contribution in [1.82, 2.24) is 4.98 Å². The monoisotopic (exact) mass is 290 g/mol. The van der Waals surface area contributed by atoms with Crippen LogP contribution in [0.15, 0.2) is 42.7 Å². The van der Waals surface area contributed by atoms with Gasteiger partial charge in [-0.15, -0.1) is 0 Å². The second-order valence-electron chi connectivity index (χ2n) is 4.02. The van der Waals surface area contributed by atoms with E-state index in [-0.39, 0.29) is 17.0 Å². The first kappa shape index (κ1) is 14.4. The highest BCUT2D eigenvalue weighted by Crippen LogP contribution is 2.24. The van der Waals surface area contributed by atoms with E-state index in [1.54, 1.807) is 18.2 Å². The largest absolute Gasteiger partial charge is 0.480 e. The summed E-state index contributed by atoms with van der Waals surface area (Å²) in [5.41, 5.74) is 0.330. The van der Waals surface area contributed by atoms with Crippen molar-refractivity contribution >= 4 is 17.6 Å². The number of carbonyl (C=O) groups is 2. The van der Waals surface area contributed by atoms with Crippen molar-refractivity contribution in [3.63, 3.8) is 0 Å². The van der Waals surface area contributed by atoms with Crippen molar-refractivity contribution < 1.29 is 23.8 Å². The second kappa shape index (κ2) is 6.47. The predicted molar refractivity (Wildman–Crippen MR) is 71.7 cm³/mol. The Labute approximate surface area is 119 Å². The number of rotatable bonds is 5. The van der Waals surface area contributed by atoms with Crippen LogP contribution < -0.4 is 10.1 Å². The summed E-state index contributed by atoms with van der Waals surface area (Å²) in [6, 6.07) is 7.39. The van der Waals surface area contributed by atoms with Gasteiger partial charge in [0.25, 0.3) is 5.91 Å². The third-order valence-corrected chi connectivity index (χ3v) is 2.45. The van der Waals surface area contributed by atoms with Gasteiger partial charge in [0.1, 0.15) is 11.6 Å². The van der Waals surface area contributed by atoms with Gasteiger partial charge in [0.15, 0.2) is 6.61 Å². The number of carboxylic acid groups (broad SMARTS) is 1. The fourth-order valence-electron chi connectivity index (χ4n) is 1.57. The number of halogens is 1. The molecule has 0 bridgehead atoms. The summed E-state index contributed by atoms with van der Waals surface area (Å²) in [7, 11) is 0. The molecule has 1 amide bonds. The number of carbonyl (C=O) groups excluding carboxylic acids is 1. The zero-order valence-corrected chi connectivity index (χ0v) is 10.7. The summed E-state index contributed by atoms with van der Waals surface area (Å²) in [6.45, 7) is -0.533. The highest BCUT2D eigenvalue weighted by molar-refractivity contribution is 6.04. The van der Waals surface area contributed by atoms with E-state index < -0.39 is 24.3 Å². The van der Waals surface area contributed by atoms with E-state index in [1.807, 2.05) is 0 Å². The minimum absolute atomic E-state index is 0.0445. The lowest BCUT2D eigenvalue weighted by Crippen LogP contribution is -2.15. The van der Waals surface area contributed by atoms with E-state index in [1.165, 1.54) is 12.3 Å². The Hall–Kier alpha value is -2.96. The number of ether oxygens (including phenoxy) is 1. The third-order valence-electron chi connectivity index (χ3n) is 2.45. The van der Waals surface area contributed by atoms with Gasteiger partial charge in [0, 0.05) is 6.20 Å². The number of hydrogen-bond donors (Lipinski definition) is 2. The van der Waals surface area contributed by atoms with E-state index in [4.69, 9.17) is 9.84 Å². The van der Waals surface area contributed by atoms with E-state index in [0.717, 1.165) is 12.3 Å². The number of carboxylic acids is 1. The third kappa shape index (κ3) is 4.00. The molecule has 0 aliphatic carbocycles. The normalized spacial score (nSPS) is 9.95. The number of hydrogen-bond acceptors (Lipinski definition) is 4. The lowest BCUT2D eigenvalue weighted by Gasteiger charge is -2.11. The number of anilines is 1. The summed E-state index contributed by atoms with van der Waals surface area (Å²) < 4.78 is 18.1. The van der Waals surface area contributed by atoms with Crippen molar-refractivity contribution in [2.75, 3.05) is 11.9 Å². The van der Waals surface area contributed by atoms with Gasteiger partial charge in [-0.25, -0.2) is 9.18 Å². The van der Waals surface area contributed by atoms with Crippen LogP contribution in [0.2, 0.25) is 0 Å². The van der Waals surface area contributed by atoms with E-state index >= 15 is 0 Å². The molecule has 2 rings (SSSR count). The van der Waals surface area contributed by atoms with Gasteiger partial charge in [-0.05, 0) is 18.2 Å². The Morgan fingerprint density at radius 2 is 2.05 bits per heavy atom. The lowest BCUT2D eigenvalue weighted by atomic mass is 10.2. The Morgan fingerprint density at radius 3 is 2.76 bits per heavy atom. The Balaban J connectivity index is 2.15. The zero-order chi connectivity index (χ0) is 15.2. The van der Waals surface area contributed by atoms with E-state index in [0.29, 0.717) is 0 Å². The van der Waals surface area contributed by atoms with Gasteiger partial charge < -0.3 is 15.2 Å². The molecule has 0 atom stereocenters. The Kier molecular flexibility index (Phi) is 4.45. The number of pyridine rings is 1. The van der Waals surface area contributed by atoms with Crippen molar-refractivity contribution in [2.45, 2.75) is 0 Å². The summed E-state index contributed by atoms with van der Waals surface area (Å²) in [5, 5.41) is 11.1. The SMILES string of the molecule is O=C(O)COc1ccccc1NC(=O)c1cncc(F)c1. The van der Waals surface area contributed by atoms with Crippen molar-refractivity contribution in [2.24, 2.45) is 0 Å². The van der Waals surface area contributed by atoms with Crippen LogP contribution in [0, 0.1) is 5.82 Å². The molecule has 2 aromatic rings. The van der Waals surface area contributed by atoms with Crippen LogP contribution in [0.3, 0.4) is 0 Å². The van der Waals surface area contributed by atoms with E-state index in [9.17, 15) is 14.0 Å². The minimum Gasteiger partial charge on any atom is -0.480 e. The highest BCUT2D eigenvalue weighted by Gasteiger charge is 2.11. The number of nitrogens with one attached hydrogen (secondary N) is 1. The predicted octanol–water partition coefficient (Wildman–Crippen LogP) is 1.94. The number of aliphatic carboxylic acids is 1. The van der Waals surface area contributed by atoms with Crippen LogP contribution in [0.1, 0.15) is 10.4 Å². The van der Waals surface area contributed by atoms with Crippen LogP contribution in [0.5, 0.6) is 5.75 Å². The molecule has 0 aliphatic heterocycles. The first-order valence-electron chi connectivity index (χ1n) is 5.92. The molecule has 1 aromatic heterocycles. The van der Waals surface area contributed by atoms with Gasteiger partial charge in [-0.1, -0.05) is 12.1 Å². The van der Waals surface area contributed by atoms with Crippen molar-refractivity contribution in [3.8, 4) is 5.75 Å². The van der Waals surface area contributed by atoms with Crippen molar-refractivity contribution in [3.05, 3.63) is 54.1 Å². The molecule has 1 aromatic carbocycles. The van der Waals surface area contributed by atoms with E-state index in [2.05, 4.69) is 10.3 Å². The number of nitrogens with zero attached hydrogens (tertiary/aromatic N) is 1. The molecule has 0 fully saturated rings. The summed E-state index contributed by atoms with van der Waals surface area (Å²) >= 11 is 0. The van der Waals surface area contributed by atoms with Crippen LogP contribution in [-0.2, 0) is 4.79 Å². The molecule has 0 aliphatic rings.